The maximum absolute atomic E-state index is 11.6. The summed E-state index contributed by atoms with van der Waals surface area (Å²) < 4.78 is 5.05. The first-order valence-electron chi connectivity index (χ1n) is 6.97. The molecular weight excluding hydrogens is 296 g/mol. The highest BCUT2D eigenvalue weighted by Crippen LogP contribution is 2.10. The highest BCUT2D eigenvalue weighted by molar-refractivity contribution is 6.35. The van der Waals surface area contributed by atoms with Crippen LogP contribution in [0, 0.1) is 0 Å². The third-order valence-electron chi connectivity index (χ3n) is 3.00. The number of nitrogens with zero attached hydrogens (tertiary/aromatic N) is 2. The molecule has 0 unspecified atom stereocenters. The van der Waals surface area contributed by atoms with Crippen LogP contribution in [0.2, 0.25) is 0 Å². The van der Waals surface area contributed by atoms with Gasteiger partial charge in [-0.25, -0.2) is 5.43 Å². The Kier molecular flexibility index (Phi) is 5.51. The molecule has 0 fully saturated rings. The minimum Gasteiger partial charge on any atom is -0.467 e. The third kappa shape index (κ3) is 4.99. The number of rotatable bonds is 5. The number of carbonyl (C=O) groups is 2. The Bertz CT molecular complexity index is 676. The summed E-state index contributed by atoms with van der Waals surface area (Å²) in [7, 11) is 3.90. The molecule has 1 heterocycles. The second-order valence-corrected chi connectivity index (χ2v) is 4.95. The highest BCUT2D eigenvalue weighted by Gasteiger charge is 2.12. The van der Waals surface area contributed by atoms with Crippen LogP contribution in [0.1, 0.15) is 11.3 Å². The van der Waals surface area contributed by atoms with Crippen LogP contribution in [0.15, 0.2) is 52.2 Å². The molecule has 7 heteroatoms. The molecular formula is C16H18N4O3. The van der Waals surface area contributed by atoms with E-state index in [1.54, 1.807) is 12.1 Å². The van der Waals surface area contributed by atoms with Gasteiger partial charge in [0, 0.05) is 19.8 Å². The number of benzene rings is 1. The molecule has 2 aromatic rings. The number of amides is 2. The molecule has 0 radical (unpaired) electrons. The summed E-state index contributed by atoms with van der Waals surface area (Å²) in [4.78, 5) is 25.1. The first-order valence-corrected chi connectivity index (χ1v) is 6.97. The second-order valence-electron chi connectivity index (χ2n) is 4.95. The van der Waals surface area contributed by atoms with Crippen molar-refractivity contribution in [2.24, 2.45) is 5.10 Å². The molecule has 1 aromatic heterocycles. The fraction of sp³-hybridized carbons (Fsp3) is 0.188. The van der Waals surface area contributed by atoms with E-state index < -0.39 is 11.8 Å². The lowest BCUT2D eigenvalue weighted by Crippen LogP contribution is -2.37. The quantitative estimate of drug-likeness (QED) is 0.492. The van der Waals surface area contributed by atoms with Crippen molar-refractivity contribution >= 4 is 23.7 Å². The molecule has 0 bridgehead atoms. The summed E-state index contributed by atoms with van der Waals surface area (Å²) in [6.45, 7) is 0.148. The lowest BCUT2D eigenvalue weighted by molar-refractivity contribution is -0.139. The number of nitrogens with one attached hydrogen (secondary N) is 2. The standard InChI is InChI=1S/C16H18N4O3/c1-20(2)13-7-5-12(6-8-13)10-18-19-16(22)15(21)17-11-14-4-3-9-23-14/h3-10H,11H2,1-2H3,(H,17,21)(H,19,22)/b18-10-. The number of hydrogen-bond acceptors (Lipinski definition) is 5. The largest absolute Gasteiger partial charge is 0.467 e. The SMILES string of the molecule is CN(C)c1ccc(/C=N\NC(=O)C(=O)NCc2ccco2)cc1. The van der Waals surface area contributed by atoms with Crippen molar-refractivity contribution in [3.05, 3.63) is 54.0 Å². The Morgan fingerprint density at radius 2 is 1.91 bits per heavy atom. The summed E-state index contributed by atoms with van der Waals surface area (Å²) in [5.74, 6) is -1.05. The van der Waals surface area contributed by atoms with E-state index in [-0.39, 0.29) is 6.54 Å². The van der Waals surface area contributed by atoms with Gasteiger partial charge in [0.2, 0.25) is 0 Å². The van der Waals surface area contributed by atoms with Gasteiger partial charge in [-0.2, -0.15) is 5.10 Å². The Labute approximate surface area is 134 Å². The van der Waals surface area contributed by atoms with Crippen molar-refractivity contribution in [1.82, 2.24) is 10.7 Å². The number of anilines is 1. The normalized spacial score (nSPS) is 10.5. The molecule has 2 N–H and O–H groups in total. The molecule has 2 rings (SSSR count). The fourth-order valence-electron chi connectivity index (χ4n) is 1.74. The Hall–Kier alpha value is -3.09. The van der Waals surface area contributed by atoms with E-state index in [0.29, 0.717) is 5.76 Å². The molecule has 1 aromatic carbocycles. The minimum absolute atomic E-state index is 0.148. The van der Waals surface area contributed by atoms with Crippen molar-refractivity contribution in [1.29, 1.82) is 0 Å². The van der Waals surface area contributed by atoms with Crippen LogP contribution in [0.25, 0.3) is 0 Å². The maximum atomic E-state index is 11.6. The van der Waals surface area contributed by atoms with Gasteiger partial charge in [0.15, 0.2) is 0 Å². The lowest BCUT2D eigenvalue weighted by Gasteiger charge is -2.11. The molecule has 0 aliphatic rings. The van der Waals surface area contributed by atoms with Crippen molar-refractivity contribution in [2.45, 2.75) is 6.54 Å². The van der Waals surface area contributed by atoms with Crippen LogP contribution >= 0.6 is 0 Å². The monoisotopic (exact) mass is 314 g/mol. The van der Waals surface area contributed by atoms with E-state index in [1.165, 1.54) is 12.5 Å². The van der Waals surface area contributed by atoms with Gasteiger partial charge in [0.1, 0.15) is 5.76 Å². The van der Waals surface area contributed by atoms with E-state index in [1.807, 2.05) is 43.3 Å². The van der Waals surface area contributed by atoms with Crippen molar-refractivity contribution in [3.63, 3.8) is 0 Å². The molecule has 0 atom stereocenters. The van der Waals surface area contributed by atoms with Gasteiger partial charge in [0.25, 0.3) is 0 Å². The average Bonchev–Trinajstić information content (AvgIpc) is 3.06. The summed E-state index contributed by atoms with van der Waals surface area (Å²) in [6, 6.07) is 11.0. The van der Waals surface area contributed by atoms with E-state index >= 15 is 0 Å². The number of hydrazone groups is 1. The molecule has 7 nitrogen and oxygen atoms in total. The number of furan rings is 1. The van der Waals surface area contributed by atoms with E-state index in [9.17, 15) is 9.59 Å². The van der Waals surface area contributed by atoms with Crippen LogP contribution in [0.3, 0.4) is 0 Å². The predicted octanol–water partition coefficient (Wildman–Crippen LogP) is 1.11. The van der Waals surface area contributed by atoms with Crippen LogP contribution in [0.5, 0.6) is 0 Å². The number of hydrogen-bond donors (Lipinski definition) is 2. The average molecular weight is 314 g/mol. The van der Waals surface area contributed by atoms with E-state index in [2.05, 4.69) is 15.8 Å². The van der Waals surface area contributed by atoms with E-state index in [0.717, 1.165) is 11.3 Å². The van der Waals surface area contributed by atoms with Gasteiger partial charge in [-0.1, -0.05) is 12.1 Å². The summed E-state index contributed by atoms with van der Waals surface area (Å²) >= 11 is 0. The Balaban J connectivity index is 1.79. The maximum Gasteiger partial charge on any atom is 0.329 e. The molecule has 0 spiro atoms. The third-order valence-corrected chi connectivity index (χ3v) is 3.00. The van der Waals surface area contributed by atoms with Crippen LogP contribution in [0.4, 0.5) is 5.69 Å². The lowest BCUT2D eigenvalue weighted by atomic mass is 10.2. The first kappa shape index (κ1) is 16.3. The van der Waals surface area contributed by atoms with Gasteiger partial charge in [0.05, 0.1) is 19.0 Å². The van der Waals surface area contributed by atoms with Gasteiger partial charge < -0.3 is 14.6 Å². The van der Waals surface area contributed by atoms with Crippen LogP contribution < -0.4 is 15.6 Å². The van der Waals surface area contributed by atoms with Gasteiger partial charge in [-0.3, -0.25) is 9.59 Å². The van der Waals surface area contributed by atoms with Crippen LogP contribution in [-0.4, -0.2) is 32.1 Å². The molecule has 0 saturated carbocycles. The van der Waals surface area contributed by atoms with Crippen molar-refractivity contribution in [2.75, 3.05) is 19.0 Å². The van der Waals surface area contributed by atoms with Gasteiger partial charge in [-0.05, 0) is 29.8 Å². The topological polar surface area (TPSA) is 86.9 Å². The van der Waals surface area contributed by atoms with Crippen molar-refractivity contribution < 1.29 is 14.0 Å². The Morgan fingerprint density at radius 3 is 2.52 bits per heavy atom. The zero-order valence-corrected chi connectivity index (χ0v) is 12.9. The molecule has 23 heavy (non-hydrogen) atoms. The molecule has 2 amide bonds. The smallest absolute Gasteiger partial charge is 0.329 e. The van der Waals surface area contributed by atoms with Gasteiger partial charge in [-0.15, -0.1) is 0 Å². The van der Waals surface area contributed by atoms with Crippen molar-refractivity contribution in [3.8, 4) is 0 Å². The molecule has 0 aliphatic carbocycles. The second kappa shape index (κ2) is 7.79. The van der Waals surface area contributed by atoms with Gasteiger partial charge >= 0.3 is 11.8 Å². The summed E-state index contributed by atoms with van der Waals surface area (Å²) in [5, 5.41) is 6.19. The van der Waals surface area contributed by atoms with E-state index in [4.69, 9.17) is 4.42 Å². The summed E-state index contributed by atoms with van der Waals surface area (Å²) in [5.41, 5.74) is 4.05. The van der Waals surface area contributed by atoms with Crippen LogP contribution in [-0.2, 0) is 16.1 Å². The molecule has 120 valence electrons. The summed E-state index contributed by atoms with van der Waals surface area (Å²) in [6.07, 6.45) is 2.96. The minimum atomic E-state index is -0.835. The predicted molar refractivity (Wildman–Crippen MR) is 87.1 cm³/mol. The molecule has 0 saturated heterocycles. The zero-order valence-electron chi connectivity index (χ0n) is 12.9. The Morgan fingerprint density at radius 1 is 1.17 bits per heavy atom. The molecule has 0 aliphatic heterocycles. The first-order chi connectivity index (χ1) is 11.1. The highest BCUT2D eigenvalue weighted by atomic mass is 16.3. The zero-order chi connectivity index (χ0) is 16.7. The fourth-order valence-corrected chi connectivity index (χ4v) is 1.74. The number of carbonyl (C=O) groups excluding carboxylic acids is 2.